The summed E-state index contributed by atoms with van der Waals surface area (Å²) in [6, 6.07) is 6.32. The number of aryl methyl sites for hydroxylation is 1. The highest BCUT2D eigenvalue weighted by molar-refractivity contribution is 7.86. The van der Waals surface area contributed by atoms with Gasteiger partial charge in [0.2, 0.25) is 0 Å². The zero-order chi connectivity index (χ0) is 15.2. The number of rotatable bonds is 3. The van der Waals surface area contributed by atoms with Crippen LogP contribution < -0.4 is 0 Å². The first-order valence-electron chi connectivity index (χ1n) is 6.88. The maximum atomic E-state index is 12.3. The van der Waals surface area contributed by atoms with E-state index in [9.17, 15) is 13.5 Å². The van der Waals surface area contributed by atoms with Gasteiger partial charge in [0.15, 0.2) is 0 Å². The Hall–Kier alpha value is -0.990. The molecule has 0 unspecified atom stereocenters. The first-order chi connectivity index (χ1) is 9.88. The molecule has 0 aromatic heterocycles. The van der Waals surface area contributed by atoms with Crippen LogP contribution in [0.5, 0.6) is 0 Å². The minimum absolute atomic E-state index is 0.137. The average molecular weight is 313 g/mol. The third kappa shape index (κ3) is 2.72. The molecular formula is C14H19NO5S. The largest absolute Gasteiger partial charge is 0.389 e. The highest BCUT2D eigenvalue weighted by Gasteiger charge is 2.51. The smallest absolute Gasteiger partial charge is 0.297 e. The lowest BCUT2D eigenvalue weighted by Gasteiger charge is -2.19. The van der Waals surface area contributed by atoms with Crippen LogP contribution in [0, 0.1) is 6.92 Å². The summed E-state index contributed by atoms with van der Waals surface area (Å²) >= 11 is 0. The molecule has 0 bridgehead atoms. The molecular weight excluding hydrogens is 294 g/mol. The zero-order valence-corrected chi connectivity index (χ0v) is 12.8. The normalized spacial score (nSPS) is 33.3. The predicted octanol–water partition coefficient (Wildman–Crippen LogP) is 0.143. The van der Waals surface area contributed by atoms with Crippen LogP contribution in [-0.4, -0.2) is 63.0 Å². The molecule has 2 heterocycles. The van der Waals surface area contributed by atoms with Crippen LogP contribution in [0.4, 0.5) is 0 Å². The molecule has 7 heteroatoms. The van der Waals surface area contributed by atoms with Gasteiger partial charge in [-0.15, -0.1) is 0 Å². The summed E-state index contributed by atoms with van der Waals surface area (Å²) in [6.07, 6.45) is -1.61. The van der Waals surface area contributed by atoms with Crippen molar-refractivity contribution in [3.05, 3.63) is 29.8 Å². The SMILES string of the molecule is Cc1ccc(S(=O)(=O)O[C@@H]2CN(C)[C@H]3[C@@H]2OC[C@@H]3O)cc1. The molecule has 1 aromatic rings. The van der Waals surface area contributed by atoms with Crippen molar-refractivity contribution in [3.63, 3.8) is 0 Å². The highest BCUT2D eigenvalue weighted by Crippen LogP contribution is 2.32. The Bertz CT molecular complexity index is 615. The molecule has 3 rings (SSSR count). The molecule has 0 aliphatic carbocycles. The lowest BCUT2D eigenvalue weighted by molar-refractivity contribution is 0.0270. The Morgan fingerprint density at radius 3 is 2.67 bits per heavy atom. The number of nitrogens with zero attached hydrogens (tertiary/aromatic N) is 1. The molecule has 21 heavy (non-hydrogen) atoms. The van der Waals surface area contributed by atoms with E-state index in [-0.39, 0.29) is 17.5 Å². The van der Waals surface area contributed by atoms with Crippen LogP contribution in [0.3, 0.4) is 0 Å². The van der Waals surface area contributed by atoms with Gasteiger partial charge < -0.3 is 9.84 Å². The van der Waals surface area contributed by atoms with Gasteiger partial charge in [0.25, 0.3) is 10.1 Å². The maximum Gasteiger partial charge on any atom is 0.297 e. The van der Waals surface area contributed by atoms with Crippen LogP contribution in [0.15, 0.2) is 29.2 Å². The van der Waals surface area contributed by atoms with Crippen LogP contribution in [-0.2, 0) is 19.0 Å². The second kappa shape index (κ2) is 5.33. The van der Waals surface area contributed by atoms with Gasteiger partial charge in [-0.2, -0.15) is 8.42 Å². The van der Waals surface area contributed by atoms with Gasteiger partial charge in [-0.1, -0.05) is 17.7 Å². The number of likely N-dealkylation sites (N-methyl/N-ethyl adjacent to an activating group) is 1. The fraction of sp³-hybridized carbons (Fsp3) is 0.571. The second-order valence-corrected chi connectivity index (χ2v) is 7.27. The third-order valence-electron chi connectivity index (χ3n) is 4.09. The molecule has 0 radical (unpaired) electrons. The van der Waals surface area contributed by atoms with Crippen molar-refractivity contribution in [2.45, 2.75) is 36.2 Å². The summed E-state index contributed by atoms with van der Waals surface area (Å²) in [5.41, 5.74) is 0.983. The fourth-order valence-corrected chi connectivity index (χ4v) is 4.09. The van der Waals surface area contributed by atoms with E-state index < -0.39 is 28.4 Å². The van der Waals surface area contributed by atoms with Crippen molar-refractivity contribution in [1.82, 2.24) is 4.90 Å². The summed E-state index contributed by atoms with van der Waals surface area (Å²) in [4.78, 5) is 2.02. The number of benzene rings is 1. The predicted molar refractivity (Wildman–Crippen MR) is 75.4 cm³/mol. The lowest BCUT2D eigenvalue weighted by atomic mass is 10.1. The lowest BCUT2D eigenvalue weighted by Crippen LogP contribution is -2.38. The van der Waals surface area contributed by atoms with Gasteiger partial charge >= 0.3 is 0 Å². The summed E-state index contributed by atoms with van der Waals surface area (Å²) in [5.74, 6) is 0. The van der Waals surface area contributed by atoms with Crippen LogP contribution in [0.25, 0.3) is 0 Å². The molecule has 0 spiro atoms. The quantitative estimate of drug-likeness (QED) is 0.800. The van der Waals surface area contributed by atoms with Crippen molar-refractivity contribution in [1.29, 1.82) is 0 Å². The van der Waals surface area contributed by atoms with Crippen LogP contribution in [0.1, 0.15) is 5.56 Å². The minimum Gasteiger partial charge on any atom is -0.389 e. The molecule has 2 aliphatic rings. The molecule has 2 aliphatic heterocycles. The van der Waals surface area contributed by atoms with E-state index in [0.717, 1.165) is 5.56 Å². The summed E-state index contributed by atoms with van der Waals surface area (Å²) in [7, 11) is -2.00. The van der Waals surface area contributed by atoms with Gasteiger partial charge in [-0.05, 0) is 26.1 Å². The highest BCUT2D eigenvalue weighted by atomic mass is 32.2. The van der Waals surface area contributed by atoms with E-state index >= 15 is 0 Å². The molecule has 2 fully saturated rings. The van der Waals surface area contributed by atoms with Crippen molar-refractivity contribution in [2.75, 3.05) is 20.2 Å². The van der Waals surface area contributed by atoms with Gasteiger partial charge in [-0.3, -0.25) is 9.08 Å². The molecule has 116 valence electrons. The van der Waals surface area contributed by atoms with Crippen LogP contribution >= 0.6 is 0 Å². The van der Waals surface area contributed by atoms with Gasteiger partial charge in [-0.25, -0.2) is 0 Å². The van der Waals surface area contributed by atoms with Gasteiger partial charge in [0.05, 0.1) is 23.6 Å². The third-order valence-corrected chi connectivity index (χ3v) is 5.44. The van der Waals surface area contributed by atoms with Crippen molar-refractivity contribution in [3.8, 4) is 0 Å². The summed E-state index contributed by atoms with van der Waals surface area (Å²) in [5, 5.41) is 9.86. The first kappa shape index (κ1) is 14.9. The van der Waals surface area contributed by atoms with E-state index in [1.165, 1.54) is 12.1 Å². The number of hydrogen-bond donors (Lipinski definition) is 1. The summed E-state index contributed by atoms with van der Waals surface area (Å²) < 4.78 is 35.5. The number of fused-ring (bicyclic) bond motifs is 1. The molecule has 0 amide bonds. The van der Waals surface area contributed by atoms with Gasteiger partial charge in [0.1, 0.15) is 12.2 Å². The van der Waals surface area contributed by atoms with Gasteiger partial charge in [0, 0.05) is 6.54 Å². The Labute approximate surface area is 124 Å². The van der Waals surface area contributed by atoms with E-state index in [1.807, 2.05) is 18.9 Å². The fourth-order valence-electron chi connectivity index (χ4n) is 3.02. The Morgan fingerprint density at radius 2 is 2.00 bits per heavy atom. The Kier molecular flexibility index (Phi) is 3.79. The number of aliphatic hydroxyl groups is 1. The first-order valence-corrected chi connectivity index (χ1v) is 8.29. The second-order valence-electron chi connectivity index (χ2n) is 5.70. The number of ether oxygens (including phenoxy) is 1. The number of hydrogen-bond acceptors (Lipinski definition) is 6. The number of aliphatic hydroxyl groups excluding tert-OH is 1. The van der Waals surface area contributed by atoms with Crippen molar-refractivity contribution >= 4 is 10.1 Å². The molecule has 1 N–H and O–H groups in total. The summed E-state index contributed by atoms with van der Waals surface area (Å²) in [6.45, 7) is 2.52. The zero-order valence-electron chi connectivity index (χ0n) is 12.0. The standard InChI is InChI=1S/C14H19NO5S/c1-9-3-5-10(6-4-9)21(17,18)20-12-7-15(2)13-11(16)8-19-14(12)13/h3-6,11-14,16H,7-8H2,1-2H3/t11-,12+,13+,14+/m0/s1. The van der Waals surface area contributed by atoms with Crippen LogP contribution in [0.2, 0.25) is 0 Å². The van der Waals surface area contributed by atoms with E-state index in [1.54, 1.807) is 12.1 Å². The number of likely N-dealkylation sites (tertiary alicyclic amines) is 1. The Morgan fingerprint density at radius 1 is 1.33 bits per heavy atom. The Balaban J connectivity index is 1.79. The van der Waals surface area contributed by atoms with E-state index in [4.69, 9.17) is 8.92 Å². The molecule has 1 aromatic carbocycles. The van der Waals surface area contributed by atoms with Crippen molar-refractivity contribution in [2.24, 2.45) is 0 Å². The molecule has 2 saturated heterocycles. The topological polar surface area (TPSA) is 76.1 Å². The maximum absolute atomic E-state index is 12.3. The molecule has 0 saturated carbocycles. The van der Waals surface area contributed by atoms with E-state index in [2.05, 4.69) is 0 Å². The minimum atomic E-state index is -3.83. The monoisotopic (exact) mass is 313 g/mol. The molecule has 6 nitrogen and oxygen atoms in total. The molecule has 4 atom stereocenters. The van der Waals surface area contributed by atoms with E-state index in [0.29, 0.717) is 6.54 Å². The van der Waals surface area contributed by atoms with Crippen molar-refractivity contribution < 1.29 is 22.4 Å². The average Bonchev–Trinajstić information content (AvgIpc) is 2.93.